The molecule has 1 aliphatic rings. The first kappa shape index (κ1) is 13.1. The summed E-state index contributed by atoms with van der Waals surface area (Å²) in [4.78, 5) is 18.2. The Morgan fingerprint density at radius 2 is 2.30 bits per heavy atom. The molecule has 104 valence electrons. The Hall–Kier alpha value is -1.95. The number of aromatic nitrogens is 4. The van der Waals surface area contributed by atoms with Gasteiger partial charge in [0.25, 0.3) is 5.91 Å². The van der Waals surface area contributed by atoms with Crippen LogP contribution in [0.25, 0.3) is 0 Å². The van der Waals surface area contributed by atoms with Gasteiger partial charge in [-0.05, 0) is 18.9 Å². The lowest BCUT2D eigenvalue weighted by Gasteiger charge is -2.32. The third kappa shape index (κ3) is 2.51. The highest BCUT2D eigenvalue weighted by Crippen LogP contribution is 2.23. The Balaban J connectivity index is 1.77. The van der Waals surface area contributed by atoms with Gasteiger partial charge in [-0.1, -0.05) is 16.8 Å². The van der Waals surface area contributed by atoms with E-state index in [1.165, 1.54) is 6.20 Å². The molecule has 2 aromatic rings. The van der Waals surface area contributed by atoms with Gasteiger partial charge in [0, 0.05) is 31.7 Å². The molecule has 1 unspecified atom stereocenters. The molecular formula is C13H14ClN5O. The number of halogens is 1. The van der Waals surface area contributed by atoms with E-state index in [9.17, 15) is 4.79 Å². The number of likely N-dealkylation sites (tertiary alicyclic amines) is 1. The van der Waals surface area contributed by atoms with E-state index in [4.69, 9.17) is 11.6 Å². The molecule has 1 fully saturated rings. The maximum absolute atomic E-state index is 12.5. The monoisotopic (exact) mass is 291 g/mol. The quantitative estimate of drug-likeness (QED) is 0.846. The maximum atomic E-state index is 12.5. The average molecular weight is 292 g/mol. The van der Waals surface area contributed by atoms with Gasteiger partial charge in [-0.15, -0.1) is 5.10 Å². The van der Waals surface area contributed by atoms with Gasteiger partial charge < -0.3 is 4.90 Å². The molecule has 0 spiro atoms. The zero-order valence-corrected chi connectivity index (χ0v) is 11.6. The van der Waals surface area contributed by atoms with Crippen molar-refractivity contribution in [2.45, 2.75) is 18.9 Å². The number of hydrogen-bond acceptors (Lipinski definition) is 4. The van der Waals surface area contributed by atoms with Gasteiger partial charge in [0.1, 0.15) is 0 Å². The minimum Gasteiger partial charge on any atom is -0.336 e. The van der Waals surface area contributed by atoms with Crippen LogP contribution in [0.5, 0.6) is 0 Å². The third-order valence-corrected chi connectivity index (χ3v) is 3.80. The second-order valence-electron chi connectivity index (χ2n) is 4.79. The molecular weight excluding hydrogens is 278 g/mol. The number of piperidine rings is 1. The van der Waals surface area contributed by atoms with Crippen LogP contribution >= 0.6 is 11.6 Å². The average Bonchev–Trinajstić information content (AvgIpc) is 3.01. The normalized spacial score (nSPS) is 19.1. The molecule has 3 rings (SSSR count). The van der Waals surface area contributed by atoms with E-state index in [1.807, 2.05) is 15.8 Å². The van der Waals surface area contributed by atoms with Gasteiger partial charge in [-0.3, -0.25) is 9.78 Å². The Morgan fingerprint density at radius 3 is 3.05 bits per heavy atom. The molecule has 1 amide bonds. The highest BCUT2D eigenvalue weighted by Gasteiger charge is 2.26. The lowest BCUT2D eigenvalue weighted by Crippen LogP contribution is -2.41. The zero-order chi connectivity index (χ0) is 13.9. The topological polar surface area (TPSA) is 63.9 Å². The molecule has 20 heavy (non-hydrogen) atoms. The predicted octanol–water partition coefficient (Wildman–Crippen LogP) is 1.80. The Labute approximate surface area is 121 Å². The molecule has 0 radical (unpaired) electrons. The van der Waals surface area contributed by atoms with Crippen molar-refractivity contribution in [1.29, 1.82) is 0 Å². The van der Waals surface area contributed by atoms with Gasteiger partial charge in [-0.25, -0.2) is 4.68 Å². The second-order valence-corrected chi connectivity index (χ2v) is 5.19. The van der Waals surface area contributed by atoms with Crippen molar-refractivity contribution in [3.05, 3.63) is 41.4 Å². The van der Waals surface area contributed by atoms with Gasteiger partial charge in [-0.2, -0.15) is 0 Å². The van der Waals surface area contributed by atoms with Crippen LogP contribution in [-0.4, -0.2) is 43.9 Å². The van der Waals surface area contributed by atoms with E-state index in [1.54, 1.807) is 18.5 Å². The number of carbonyl (C=O) groups excluding carboxylic acids is 1. The summed E-state index contributed by atoms with van der Waals surface area (Å²) in [6.07, 6.45) is 8.50. The smallest absolute Gasteiger partial charge is 0.255 e. The maximum Gasteiger partial charge on any atom is 0.255 e. The lowest BCUT2D eigenvalue weighted by molar-refractivity contribution is 0.0672. The highest BCUT2D eigenvalue weighted by atomic mass is 35.5. The number of rotatable bonds is 2. The molecule has 0 aliphatic carbocycles. The molecule has 2 aromatic heterocycles. The van der Waals surface area contributed by atoms with Crippen LogP contribution < -0.4 is 0 Å². The number of carbonyl (C=O) groups is 1. The van der Waals surface area contributed by atoms with E-state index >= 15 is 0 Å². The van der Waals surface area contributed by atoms with Crippen LogP contribution in [0.3, 0.4) is 0 Å². The van der Waals surface area contributed by atoms with Crippen molar-refractivity contribution in [1.82, 2.24) is 24.9 Å². The highest BCUT2D eigenvalue weighted by molar-refractivity contribution is 6.33. The summed E-state index contributed by atoms with van der Waals surface area (Å²) >= 11 is 6.04. The van der Waals surface area contributed by atoms with Crippen LogP contribution in [0.2, 0.25) is 5.02 Å². The van der Waals surface area contributed by atoms with Crippen molar-refractivity contribution in [2.24, 2.45) is 0 Å². The van der Waals surface area contributed by atoms with Gasteiger partial charge in [0.2, 0.25) is 0 Å². The lowest BCUT2D eigenvalue weighted by atomic mass is 10.0. The van der Waals surface area contributed by atoms with E-state index < -0.39 is 0 Å². The van der Waals surface area contributed by atoms with Gasteiger partial charge >= 0.3 is 0 Å². The first-order chi connectivity index (χ1) is 9.75. The fourth-order valence-electron chi connectivity index (χ4n) is 2.49. The molecule has 6 nitrogen and oxygen atoms in total. The molecule has 7 heteroatoms. The van der Waals surface area contributed by atoms with Gasteiger partial charge in [0.15, 0.2) is 0 Å². The Kier molecular flexibility index (Phi) is 3.64. The molecule has 0 N–H and O–H groups in total. The fourth-order valence-corrected chi connectivity index (χ4v) is 2.69. The molecule has 0 bridgehead atoms. The molecule has 3 heterocycles. The van der Waals surface area contributed by atoms with E-state index in [0.29, 0.717) is 17.1 Å². The van der Waals surface area contributed by atoms with Crippen LogP contribution in [-0.2, 0) is 0 Å². The summed E-state index contributed by atoms with van der Waals surface area (Å²) in [7, 11) is 0. The Bertz CT molecular complexity index is 601. The minimum atomic E-state index is -0.0535. The number of hydrogen-bond donors (Lipinski definition) is 0. The minimum absolute atomic E-state index is 0.0535. The van der Waals surface area contributed by atoms with E-state index in [-0.39, 0.29) is 11.9 Å². The Morgan fingerprint density at radius 1 is 1.40 bits per heavy atom. The molecule has 0 aromatic carbocycles. The summed E-state index contributed by atoms with van der Waals surface area (Å²) in [5.41, 5.74) is 0.501. The summed E-state index contributed by atoms with van der Waals surface area (Å²) in [6.45, 7) is 1.36. The standard InChI is InChI=1S/C13H14ClN5O/c14-12-8-15-4-3-11(12)13(20)18-6-1-2-10(9-18)19-7-5-16-17-19/h3-5,7-8,10H,1-2,6,9H2. The van der Waals surface area contributed by atoms with Crippen LogP contribution in [0, 0.1) is 0 Å². The van der Waals surface area contributed by atoms with E-state index in [0.717, 1.165) is 19.4 Å². The zero-order valence-electron chi connectivity index (χ0n) is 10.8. The van der Waals surface area contributed by atoms with Crippen molar-refractivity contribution in [3.8, 4) is 0 Å². The largest absolute Gasteiger partial charge is 0.336 e. The summed E-state index contributed by atoms with van der Waals surface area (Å²) in [5.74, 6) is -0.0535. The van der Waals surface area contributed by atoms with Crippen molar-refractivity contribution in [2.75, 3.05) is 13.1 Å². The first-order valence-electron chi connectivity index (χ1n) is 6.50. The number of nitrogens with zero attached hydrogens (tertiary/aromatic N) is 5. The SMILES string of the molecule is O=C(c1ccncc1Cl)N1CCCC(n2ccnn2)C1. The summed E-state index contributed by atoms with van der Waals surface area (Å²) in [6, 6.07) is 1.83. The van der Waals surface area contributed by atoms with Crippen molar-refractivity contribution >= 4 is 17.5 Å². The molecule has 0 saturated carbocycles. The second kappa shape index (κ2) is 5.58. The van der Waals surface area contributed by atoms with Crippen LogP contribution in [0.4, 0.5) is 0 Å². The van der Waals surface area contributed by atoms with E-state index in [2.05, 4.69) is 15.3 Å². The molecule has 1 saturated heterocycles. The number of pyridine rings is 1. The van der Waals surface area contributed by atoms with Crippen molar-refractivity contribution in [3.63, 3.8) is 0 Å². The summed E-state index contributed by atoms with van der Waals surface area (Å²) in [5, 5.41) is 8.23. The van der Waals surface area contributed by atoms with Crippen LogP contribution in [0.1, 0.15) is 29.2 Å². The van der Waals surface area contributed by atoms with Gasteiger partial charge in [0.05, 0.1) is 22.8 Å². The number of amides is 1. The fraction of sp³-hybridized carbons (Fsp3) is 0.385. The summed E-state index contributed by atoms with van der Waals surface area (Å²) < 4.78 is 1.81. The molecule has 1 atom stereocenters. The van der Waals surface area contributed by atoms with Crippen LogP contribution in [0.15, 0.2) is 30.9 Å². The third-order valence-electron chi connectivity index (χ3n) is 3.50. The molecule has 1 aliphatic heterocycles. The van der Waals surface area contributed by atoms with Crippen molar-refractivity contribution < 1.29 is 4.79 Å². The predicted molar refractivity (Wildman–Crippen MR) is 73.4 cm³/mol. The first-order valence-corrected chi connectivity index (χ1v) is 6.88.